The Hall–Kier alpha value is -1.03. The second kappa shape index (κ2) is 6.05. The van der Waals surface area contributed by atoms with Gasteiger partial charge in [0.2, 0.25) is 0 Å². The number of carbonyl (C=O) groups is 1. The van der Waals surface area contributed by atoms with Crippen molar-refractivity contribution in [3.05, 3.63) is 11.8 Å². The first-order valence-corrected chi connectivity index (χ1v) is 6.57. The highest BCUT2D eigenvalue weighted by Crippen LogP contribution is 2.16. The van der Waals surface area contributed by atoms with Gasteiger partial charge in [0, 0.05) is 19.3 Å². The molecule has 2 aliphatic rings. The fourth-order valence-corrected chi connectivity index (χ4v) is 2.24. The minimum absolute atomic E-state index is 0.0518. The van der Waals surface area contributed by atoms with E-state index >= 15 is 0 Å². The van der Waals surface area contributed by atoms with E-state index in [-0.39, 0.29) is 6.03 Å². The first kappa shape index (κ1) is 12.4. The fourth-order valence-electron chi connectivity index (χ4n) is 2.24. The molecule has 2 fully saturated rings. The number of hydrogen-bond acceptors (Lipinski definition) is 2. The van der Waals surface area contributed by atoms with Gasteiger partial charge < -0.3 is 15.0 Å². The van der Waals surface area contributed by atoms with Crippen molar-refractivity contribution in [2.45, 2.75) is 32.6 Å². The quantitative estimate of drug-likeness (QED) is 0.760. The summed E-state index contributed by atoms with van der Waals surface area (Å²) in [5.74, 6) is 0.757. The number of urea groups is 1. The highest BCUT2D eigenvalue weighted by Gasteiger charge is 2.19. The van der Waals surface area contributed by atoms with Crippen LogP contribution in [0.4, 0.5) is 4.79 Å². The summed E-state index contributed by atoms with van der Waals surface area (Å²) in [4.78, 5) is 13.8. The summed E-state index contributed by atoms with van der Waals surface area (Å²) in [6.07, 6.45) is 6.01. The van der Waals surface area contributed by atoms with Crippen molar-refractivity contribution in [3.63, 3.8) is 0 Å². The molecule has 17 heavy (non-hydrogen) atoms. The summed E-state index contributed by atoms with van der Waals surface area (Å²) in [5.41, 5.74) is 1.29. The van der Waals surface area contributed by atoms with Gasteiger partial charge in [0.15, 0.2) is 0 Å². The molecule has 2 saturated heterocycles. The Bertz CT molecular complexity index is 286. The lowest BCUT2D eigenvalue weighted by Crippen LogP contribution is -2.42. The Labute approximate surface area is 103 Å². The van der Waals surface area contributed by atoms with E-state index in [1.165, 1.54) is 5.57 Å². The van der Waals surface area contributed by atoms with Gasteiger partial charge in [0.25, 0.3) is 0 Å². The van der Waals surface area contributed by atoms with E-state index in [1.54, 1.807) is 0 Å². The molecule has 2 heterocycles. The summed E-state index contributed by atoms with van der Waals surface area (Å²) in [6.45, 7) is 5.59. The number of carbonyl (C=O) groups excluding carboxylic acids is 1. The fraction of sp³-hybridized carbons (Fsp3) is 0.769. The van der Waals surface area contributed by atoms with E-state index in [1.807, 2.05) is 11.1 Å². The SMILES string of the molecule is CC1CCN(C(=O)NC=C2CCOCC2)CC1. The third-order valence-corrected chi connectivity index (χ3v) is 3.61. The van der Waals surface area contributed by atoms with Crippen molar-refractivity contribution in [2.24, 2.45) is 5.92 Å². The summed E-state index contributed by atoms with van der Waals surface area (Å²) in [5, 5.41) is 2.91. The van der Waals surface area contributed by atoms with Gasteiger partial charge in [-0.3, -0.25) is 0 Å². The Morgan fingerprint density at radius 3 is 2.65 bits per heavy atom. The third-order valence-electron chi connectivity index (χ3n) is 3.61. The van der Waals surface area contributed by atoms with Crippen LogP contribution in [0.5, 0.6) is 0 Å². The molecular weight excluding hydrogens is 216 g/mol. The monoisotopic (exact) mass is 238 g/mol. The predicted molar refractivity (Wildman–Crippen MR) is 66.6 cm³/mol. The molecule has 0 atom stereocenters. The predicted octanol–water partition coefficient (Wildman–Crippen LogP) is 2.12. The van der Waals surface area contributed by atoms with E-state index in [2.05, 4.69) is 12.2 Å². The van der Waals surface area contributed by atoms with Gasteiger partial charge in [-0.1, -0.05) is 6.92 Å². The molecule has 0 aromatic heterocycles. The lowest BCUT2D eigenvalue weighted by molar-refractivity contribution is 0.118. The Morgan fingerprint density at radius 1 is 1.35 bits per heavy atom. The molecule has 1 N–H and O–H groups in total. The number of ether oxygens (including phenoxy) is 1. The van der Waals surface area contributed by atoms with Gasteiger partial charge in [0.1, 0.15) is 0 Å². The maximum atomic E-state index is 11.9. The summed E-state index contributed by atoms with van der Waals surface area (Å²) >= 11 is 0. The molecule has 0 saturated carbocycles. The smallest absolute Gasteiger partial charge is 0.321 e. The zero-order valence-electron chi connectivity index (χ0n) is 10.6. The number of piperidine rings is 1. The Balaban J connectivity index is 1.76. The average molecular weight is 238 g/mol. The van der Waals surface area contributed by atoms with Crippen LogP contribution in [0.2, 0.25) is 0 Å². The molecule has 2 amide bonds. The van der Waals surface area contributed by atoms with E-state index in [0.717, 1.165) is 57.9 Å². The molecule has 4 heteroatoms. The Kier molecular flexibility index (Phi) is 4.42. The Morgan fingerprint density at radius 2 is 2.00 bits per heavy atom. The normalized spacial score (nSPS) is 22.4. The summed E-state index contributed by atoms with van der Waals surface area (Å²) < 4.78 is 5.27. The maximum absolute atomic E-state index is 11.9. The van der Waals surface area contributed by atoms with Crippen LogP contribution in [0.15, 0.2) is 11.8 Å². The van der Waals surface area contributed by atoms with Crippen LogP contribution in [-0.2, 0) is 4.74 Å². The van der Waals surface area contributed by atoms with E-state index in [0.29, 0.717) is 0 Å². The molecular formula is C13H22N2O2. The van der Waals surface area contributed by atoms with Crippen molar-refractivity contribution in [2.75, 3.05) is 26.3 Å². The number of likely N-dealkylation sites (tertiary alicyclic amines) is 1. The van der Waals surface area contributed by atoms with Gasteiger partial charge in [0.05, 0.1) is 13.2 Å². The third kappa shape index (κ3) is 3.73. The molecule has 96 valence electrons. The van der Waals surface area contributed by atoms with Gasteiger partial charge in [-0.15, -0.1) is 0 Å². The van der Waals surface area contributed by atoms with Crippen molar-refractivity contribution in [1.82, 2.24) is 10.2 Å². The molecule has 0 bridgehead atoms. The number of nitrogens with one attached hydrogen (secondary N) is 1. The highest BCUT2D eigenvalue weighted by atomic mass is 16.5. The standard InChI is InChI=1S/C13H22N2O2/c1-11-2-6-15(7-3-11)13(16)14-10-12-4-8-17-9-5-12/h10-11H,2-9H2,1H3,(H,14,16). The largest absolute Gasteiger partial charge is 0.381 e. The number of amides is 2. The van der Waals surface area contributed by atoms with Gasteiger partial charge in [-0.2, -0.15) is 0 Å². The molecule has 4 nitrogen and oxygen atoms in total. The number of nitrogens with zero attached hydrogens (tertiary/aromatic N) is 1. The van der Waals surface area contributed by atoms with Gasteiger partial charge in [-0.05, 0) is 37.2 Å². The van der Waals surface area contributed by atoms with Crippen LogP contribution >= 0.6 is 0 Å². The van der Waals surface area contributed by atoms with Crippen molar-refractivity contribution in [1.29, 1.82) is 0 Å². The highest BCUT2D eigenvalue weighted by molar-refractivity contribution is 5.75. The lowest BCUT2D eigenvalue weighted by Gasteiger charge is -2.30. The van der Waals surface area contributed by atoms with Gasteiger partial charge in [-0.25, -0.2) is 4.79 Å². The first-order valence-electron chi connectivity index (χ1n) is 6.57. The topological polar surface area (TPSA) is 41.6 Å². The zero-order chi connectivity index (χ0) is 12.1. The van der Waals surface area contributed by atoms with Crippen LogP contribution in [0.1, 0.15) is 32.6 Å². The van der Waals surface area contributed by atoms with Crippen LogP contribution < -0.4 is 5.32 Å². The minimum Gasteiger partial charge on any atom is -0.381 e. The molecule has 0 aromatic carbocycles. The van der Waals surface area contributed by atoms with Crippen molar-refractivity contribution in [3.8, 4) is 0 Å². The average Bonchev–Trinajstić information content (AvgIpc) is 2.38. The van der Waals surface area contributed by atoms with Crippen LogP contribution in [-0.4, -0.2) is 37.2 Å². The molecule has 0 unspecified atom stereocenters. The van der Waals surface area contributed by atoms with Gasteiger partial charge >= 0.3 is 6.03 Å². The van der Waals surface area contributed by atoms with Crippen molar-refractivity contribution < 1.29 is 9.53 Å². The lowest BCUT2D eigenvalue weighted by atomic mass is 10.00. The number of rotatable bonds is 1. The maximum Gasteiger partial charge on any atom is 0.321 e. The van der Waals surface area contributed by atoms with E-state index in [9.17, 15) is 4.79 Å². The molecule has 0 aliphatic carbocycles. The molecule has 0 aromatic rings. The molecule has 2 rings (SSSR count). The minimum atomic E-state index is 0.0518. The molecule has 0 radical (unpaired) electrons. The summed E-state index contributed by atoms with van der Waals surface area (Å²) in [7, 11) is 0. The summed E-state index contributed by atoms with van der Waals surface area (Å²) in [6, 6.07) is 0.0518. The second-order valence-corrected chi connectivity index (χ2v) is 5.03. The first-order chi connectivity index (χ1) is 8.25. The van der Waals surface area contributed by atoms with E-state index < -0.39 is 0 Å². The van der Waals surface area contributed by atoms with Crippen LogP contribution in [0.3, 0.4) is 0 Å². The van der Waals surface area contributed by atoms with E-state index in [4.69, 9.17) is 4.74 Å². The second-order valence-electron chi connectivity index (χ2n) is 5.03. The number of hydrogen-bond donors (Lipinski definition) is 1. The molecule has 0 spiro atoms. The molecule has 2 aliphatic heterocycles. The zero-order valence-corrected chi connectivity index (χ0v) is 10.6. The van der Waals surface area contributed by atoms with Crippen LogP contribution in [0.25, 0.3) is 0 Å². The van der Waals surface area contributed by atoms with Crippen LogP contribution in [0, 0.1) is 5.92 Å². The van der Waals surface area contributed by atoms with Crippen molar-refractivity contribution >= 4 is 6.03 Å².